The van der Waals surface area contributed by atoms with Crippen LogP contribution >= 0.6 is 11.8 Å². The quantitative estimate of drug-likeness (QED) is 0.730. The van der Waals surface area contributed by atoms with Crippen molar-refractivity contribution >= 4 is 17.7 Å². The number of nitrogens with one attached hydrogen (secondary N) is 1. The highest BCUT2D eigenvalue weighted by Crippen LogP contribution is 2.20. The smallest absolute Gasteiger partial charge is 0.220 e. The number of carbonyl (C=O) groups is 1. The maximum absolute atomic E-state index is 11.1. The Hall–Kier alpha value is -1.08. The number of thioether (sulfide) groups is 1. The van der Waals surface area contributed by atoms with Crippen LogP contribution in [0.1, 0.15) is 25.6 Å². The molecule has 0 radical (unpaired) electrons. The third-order valence-corrected chi connectivity index (χ3v) is 3.92. The zero-order valence-electron chi connectivity index (χ0n) is 9.85. The van der Waals surface area contributed by atoms with E-state index >= 15 is 0 Å². The molecule has 1 aliphatic rings. The van der Waals surface area contributed by atoms with E-state index in [0.29, 0.717) is 13.0 Å². The van der Waals surface area contributed by atoms with Gasteiger partial charge in [-0.2, -0.15) is 0 Å². The lowest BCUT2D eigenvalue weighted by molar-refractivity contribution is -0.119. The van der Waals surface area contributed by atoms with Crippen LogP contribution < -0.4 is 11.1 Å². The van der Waals surface area contributed by atoms with E-state index in [1.807, 2.05) is 11.5 Å². The topological polar surface area (TPSA) is 85.8 Å². The summed E-state index contributed by atoms with van der Waals surface area (Å²) < 4.78 is 2.02. The lowest BCUT2D eigenvalue weighted by Gasteiger charge is -2.09. The van der Waals surface area contributed by atoms with Crippen molar-refractivity contribution in [2.24, 2.45) is 5.73 Å². The molecule has 1 fully saturated rings. The van der Waals surface area contributed by atoms with Gasteiger partial charge in [-0.3, -0.25) is 4.79 Å². The first-order valence-electron chi connectivity index (χ1n) is 5.79. The Kier molecular flexibility index (Phi) is 4.01. The standard InChI is InChI=1S/C10H17N5OS/c1-2-15-8(5-11)13-14-10(15)17-6-7-3-4-9(16)12-7/h7H,2-6,11H2,1H3,(H,12,16). The molecule has 1 atom stereocenters. The normalized spacial score (nSPS) is 19.6. The number of rotatable bonds is 5. The summed E-state index contributed by atoms with van der Waals surface area (Å²) in [7, 11) is 0. The van der Waals surface area contributed by atoms with Gasteiger partial charge in [-0.1, -0.05) is 11.8 Å². The minimum absolute atomic E-state index is 0.148. The highest BCUT2D eigenvalue weighted by Gasteiger charge is 2.21. The summed E-state index contributed by atoms with van der Waals surface area (Å²) in [5, 5.41) is 12.0. The predicted octanol–water partition coefficient (Wildman–Crippen LogP) is 0.127. The molecule has 1 aliphatic heterocycles. The Bertz CT molecular complexity index is 405. The first-order valence-corrected chi connectivity index (χ1v) is 6.77. The van der Waals surface area contributed by atoms with E-state index in [9.17, 15) is 4.79 Å². The van der Waals surface area contributed by atoms with Gasteiger partial charge in [-0.05, 0) is 13.3 Å². The van der Waals surface area contributed by atoms with Crippen molar-refractivity contribution in [1.82, 2.24) is 20.1 Å². The second-order valence-corrected chi connectivity index (χ2v) is 4.95. The molecule has 0 aliphatic carbocycles. The Morgan fingerprint density at radius 1 is 1.59 bits per heavy atom. The number of aromatic nitrogens is 3. The van der Waals surface area contributed by atoms with Gasteiger partial charge in [0.05, 0.1) is 6.54 Å². The van der Waals surface area contributed by atoms with Gasteiger partial charge in [0.2, 0.25) is 5.91 Å². The van der Waals surface area contributed by atoms with Gasteiger partial charge < -0.3 is 15.6 Å². The van der Waals surface area contributed by atoms with E-state index in [-0.39, 0.29) is 11.9 Å². The summed E-state index contributed by atoms with van der Waals surface area (Å²) in [5.74, 6) is 1.80. The van der Waals surface area contributed by atoms with Crippen molar-refractivity contribution in [1.29, 1.82) is 0 Å². The molecule has 0 saturated carbocycles. The fourth-order valence-corrected chi connectivity index (χ4v) is 2.96. The van der Waals surface area contributed by atoms with Gasteiger partial charge in [-0.25, -0.2) is 0 Å². The highest BCUT2D eigenvalue weighted by molar-refractivity contribution is 7.99. The molecular formula is C10H17N5OS. The molecule has 0 bridgehead atoms. The van der Waals surface area contributed by atoms with Crippen molar-refractivity contribution in [2.75, 3.05) is 5.75 Å². The van der Waals surface area contributed by atoms with Crippen LogP contribution in [0.15, 0.2) is 5.16 Å². The molecule has 17 heavy (non-hydrogen) atoms. The molecule has 3 N–H and O–H groups in total. The summed E-state index contributed by atoms with van der Waals surface area (Å²) in [6.07, 6.45) is 1.55. The number of amides is 1. The predicted molar refractivity (Wildman–Crippen MR) is 65.5 cm³/mol. The number of carbonyl (C=O) groups excluding carboxylic acids is 1. The van der Waals surface area contributed by atoms with Crippen LogP contribution in [0.4, 0.5) is 0 Å². The number of nitrogens with zero attached hydrogens (tertiary/aromatic N) is 3. The second-order valence-electron chi connectivity index (χ2n) is 3.96. The van der Waals surface area contributed by atoms with Crippen LogP contribution in [0.3, 0.4) is 0 Å². The van der Waals surface area contributed by atoms with Crippen LogP contribution in [0, 0.1) is 0 Å². The average Bonchev–Trinajstić information content (AvgIpc) is 2.91. The van der Waals surface area contributed by atoms with E-state index in [1.165, 1.54) is 0 Å². The summed E-state index contributed by atoms with van der Waals surface area (Å²) in [5.41, 5.74) is 5.59. The minimum Gasteiger partial charge on any atom is -0.353 e. The fourth-order valence-electron chi connectivity index (χ4n) is 1.87. The molecule has 1 saturated heterocycles. The van der Waals surface area contributed by atoms with Crippen molar-refractivity contribution in [3.05, 3.63) is 5.82 Å². The van der Waals surface area contributed by atoms with Crippen molar-refractivity contribution in [2.45, 2.75) is 44.1 Å². The van der Waals surface area contributed by atoms with Crippen molar-refractivity contribution in [3.8, 4) is 0 Å². The third-order valence-electron chi connectivity index (χ3n) is 2.79. The van der Waals surface area contributed by atoms with Crippen molar-refractivity contribution < 1.29 is 4.79 Å². The molecule has 1 aromatic heterocycles. The highest BCUT2D eigenvalue weighted by atomic mass is 32.2. The largest absolute Gasteiger partial charge is 0.353 e. The van der Waals surface area contributed by atoms with Crippen molar-refractivity contribution in [3.63, 3.8) is 0 Å². The van der Waals surface area contributed by atoms with E-state index in [1.54, 1.807) is 11.8 Å². The van der Waals surface area contributed by atoms with E-state index in [2.05, 4.69) is 15.5 Å². The molecule has 6 nitrogen and oxygen atoms in total. The zero-order chi connectivity index (χ0) is 12.3. The summed E-state index contributed by atoms with van der Waals surface area (Å²) >= 11 is 1.63. The van der Waals surface area contributed by atoms with Crippen LogP contribution in [-0.2, 0) is 17.9 Å². The molecule has 0 spiro atoms. The Labute approximate surface area is 104 Å². The van der Waals surface area contributed by atoms with Crippen LogP contribution in [0.25, 0.3) is 0 Å². The Morgan fingerprint density at radius 2 is 2.41 bits per heavy atom. The molecule has 2 heterocycles. The summed E-state index contributed by atoms with van der Waals surface area (Å²) in [6.45, 7) is 3.27. The number of nitrogens with two attached hydrogens (primary N) is 1. The molecule has 2 rings (SSSR count). The average molecular weight is 255 g/mol. The minimum atomic E-state index is 0.148. The van der Waals surface area contributed by atoms with E-state index in [4.69, 9.17) is 5.73 Å². The van der Waals surface area contributed by atoms with E-state index < -0.39 is 0 Å². The molecule has 94 valence electrons. The van der Waals surface area contributed by atoms with Gasteiger partial charge in [0.25, 0.3) is 0 Å². The van der Waals surface area contributed by atoms with Gasteiger partial charge in [-0.15, -0.1) is 10.2 Å². The van der Waals surface area contributed by atoms with Gasteiger partial charge in [0.1, 0.15) is 5.82 Å². The monoisotopic (exact) mass is 255 g/mol. The third kappa shape index (κ3) is 2.78. The number of hydrogen-bond acceptors (Lipinski definition) is 5. The zero-order valence-corrected chi connectivity index (χ0v) is 10.7. The second kappa shape index (κ2) is 5.50. The van der Waals surface area contributed by atoms with Crippen LogP contribution in [0.5, 0.6) is 0 Å². The Morgan fingerprint density at radius 3 is 3.00 bits per heavy atom. The molecule has 1 unspecified atom stereocenters. The molecular weight excluding hydrogens is 238 g/mol. The molecule has 0 aromatic carbocycles. The number of hydrogen-bond donors (Lipinski definition) is 2. The lowest BCUT2D eigenvalue weighted by Crippen LogP contribution is -2.27. The first-order chi connectivity index (χ1) is 8.24. The Balaban J connectivity index is 1.94. The van der Waals surface area contributed by atoms with Gasteiger partial charge in [0.15, 0.2) is 5.16 Å². The van der Waals surface area contributed by atoms with E-state index in [0.717, 1.165) is 29.7 Å². The summed E-state index contributed by atoms with van der Waals surface area (Å²) in [4.78, 5) is 11.1. The molecule has 7 heteroatoms. The van der Waals surface area contributed by atoms with Crippen LogP contribution in [-0.4, -0.2) is 32.5 Å². The maximum Gasteiger partial charge on any atom is 0.220 e. The molecule has 1 aromatic rings. The summed E-state index contributed by atoms with van der Waals surface area (Å²) in [6, 6.07) is 0.260. The maximum atomic E-state index is 11.1. The fraction of sp³-hybridized carbons (Fsp3) is 0.700. The first kappa shape index (κ1) is 12.4. The SMILES string of the molecule is CCn1c(CN)nnc1SCC1CCC(=O)N1. The van der Waals surface area contributed by atoms with Gasteiger partial charge >= 0.3 is 0 Å². The van der Waals surface area contributed by atoms with Gasteiger partial charge in [0, 0.05) is 24.8 Å². The molecule has 1 amide bonds. The lowest BCUT2D eigenvalue weighted by atomic mass is 10.2. The van der Waals surface area contributed by atoms with Crippen LogP contribution in [0.2, 0.25) is 0 Å².